The summed E-state index contributed by atoms with van der Waals surface area (Å²) in [7, 11) is 0. The Morgan fingerprint density at radius 2 is 2.00 bits per heavy atom. The van der Waals surface area contributed by atoms with Gasteiger partial charge in [0.25, 0.3) is 0 Å². The lowest BCUT2D eigenvalue weighted by Gasteiger charge is -2.17. The van der Waals surface area contributed by atoms with E-state index in [4.69, 9.17) is 4.74 Å². The predicted octanol–water partition coefficient (Wildman–Crippen LogP) is 3.52. The fourth-order valence-corrected chi connectivity index (χ4v) is 2.99. The van der Waals surface area contributed by atoms with Crippen LogP contribution in [0.1, 0.15) is 18.9 Å². The van der Waals surface area contributed by atoms with Crippen LogP contribution in [0.5, 0.6) is 5.75 Å². The van der Waals surface area contributed by atoms with Crippen molar-refractivity contribution in [2.24, 2.45) is 5.92 Å². The van der Waals surface area contributed by atoms with Gasteiger partial charge >= 0.3 is 0 Å². The molecule has 0 bridgehead atoms. The van der Waals surface area contributed by atoms with Gasteiger partial charge in [-0.05, 0) is 55.8 Å². The number of halogens is 1. The Hall–Kier alpha value is -2.89. The molecule has 6 heteroatoms. The first kappa shape index (κ1) is 17.9. The number of hydrogen-bond acceptors (Lipinski definition) is 3. The molecule has 1 atom stereocenters. The maximum Gasteiger partial charge on any atom is 0.229 e. The van der Waals surface area contributed by atoms with E-state index >= 15 is 0 Å². The van der Waals surface area contributed by atoms with Crippen molar-refractivity contribution < 1.29 is 18.7 Å². The maximum absolute atomic E-state index is 13.4. The standard InChI is InChI=1S/C20H21FN2O3/c1-3-26-17-8-6-16(7-9-17)23-12-14(10-19(23)24)20(25)22-18-11-15(21)5-4-13(18)2/h4-9,11,14H,3,10,12H2,1-2H3,(H,22,25)/t14-/m1/s1. The molecule has 2 amide bonds. The maximum atomic E-state index is 13.4. The van der Waals surface area contributed by atoms with Gasteiger partial charge in [-0.15, -0.1) is 0 Å². The van der Waals surface area contributed by atoms with Crippen LogP contribution in [0.15, 0.2) is 42.5 Å². The van der Waals surface area contributed by atoms with E-state index in [0.717, 1.165) is 17.0 Å². The van der Waals surface area contributed by atoms with Crippen LogP contribution in [-0.2, 0) is 9.59 Å². The second kappa shape index (κ2) is 7.56. The molecule has 0 spiro atoms. The van der Waals surface area contributed by atoms with Gasteiger partial charge in [0.1, 0.15) is 11.6 Å². The van der Waals surface area contributed by atoms with Gasteiger partial charge in [-0.25, -0.2) is 4.39 Å². The van der Waals surface area contributed by atoms with Crippen molar-refractivity contribution in [1.82, 2.24) is 0 Å². The van der Waals surface area contributed by atoms with Crippen LogP contribution >= 0.6 is 0 Å². The second-order valence-electron chi connectivity index (χ2n) is 6.28. The minimum atomic E-state index is -0.475. The highest BCUT2D eigenvalue weighted by molar-refractivity contribution is 6.03. The number of ether oxygens (including phenoxy) is 1. The third-order valence-corrected chi connectivity index (χ3v) is 4.41. The van der Waals surface area contributed by atoms with E-state index in [-0.39, 0.29) is 18.2 Å². The van der Waals surface area contributed by atoms with E-state index < -0.39 is 11.7 Å². The number of rotatable bonds is 5. The lowest BCUT2D eigenvalue weighted by atomic mass is 10.1. The lowest BCUT2D eigenvalue weighted by molar-refractivity contribution is -0.122. The van der Waals surface area contributed by atoms with Gasteiger partial charge in [-0.3, -0.25) is 9.59 Å². The van der Waals surface area contributed by atoms with Gasteiger partial charge in [0.15, 0.2) is 0 Å². The Morgan fingerprint density at radius 3 is 2.69 bits per heavy atom. The Labute approximate surface area is 151 Å². The number of amides is 2. The molecule has 2 aromatic rings. The van der Waals surface area contributed by atoms with Gasteiger partial charge in [-0.2, -0.15) is 0 Å². The zero-order valence-corrected chi connectivity index (χ0v) is 14.8. The molecule has 1 saturated heterocycles. The first-order chi connectivity index (χ1) is 12.5. The van der Waals surface area contributed by atoms with Crippen molar-refractivity contribution in [3.05, 3.63) is 53.8 Å². The average Bonchev–Trinajstić information content (AvgIpc) is 3.01. The van der Waals surface area contributed by atoms with Crippen LogP contribution < -0.4 is 15.0 Å². The molecule has 1 N–H and O–H groups in total. The Balaban J connectivity index is 1.68. The van der Waals surface area contributed by atoms with Gasteiger partial charge < -0.3 is 15.0 Å². The topological polar surface area (TPSA) is 58.6 Å². The van der Waals surface area contributed by atoms with Crippen LogP contribution in [0.3, 0.4) is 0 Å². The van der Waals surface area contributed by atoms with E-state index in [9.17, 15) is 14.0 Å². The van der Waals surface area contributed by atoms with E-state index in [1.165, 1.54) is 12.1 Å². The number of carbonyl (C=O) groups is 2. The van der Waals surface area contributed by atoms with E-state index in [1.54, 1.807) is 42.2 Å². The molecule has 1 fully saturated rings. The summed E-state index contributed by atoms with van der Waals surface area (Å²) in [5.41, 5.74) is 1.94. The van der Waals surface area contributed by atoms with Gasteiger partial charge in [0.2, 0.25) is 11.8 Å². The average molecular weight is 356 g/mol. The quantitative estimate of drug-likeness (QED) is 0.892. The molecule has 1 aliphatic heterocycles. The second-order valence-corrected chi connectivity index (χ2v) is 6.28. The van der Waals surface area contributed by atoms with Crippen molar-refractivity contribution in [2.75, 3.05) is 23.4 Å². The number of nitrogens with zero attached hydrogens (tertiary/aromatic N) is 1. The van der Waals surface area contributed by atoms with Crippen molar-refractivity contribution in [1.29, 1.82) is 0 Å². The number of carbonyl (C=O) groups excluding carboxylic acids is 2. The molecule has 2 aromatic carbocycles. The van der Waals surface area contributed by atoms with Crippen LogP contribution in [0.2, 0.25) is 0 Å². The molecule has 0 radical (unpaired) electrons. The predicted molar refractivity (Wildman–Crippen MR) is 97.8 cm³/mol. The van der Waals surface area contributed by atoms with Crippen LogP contribution in [0.4, 0.5) is 15.8 Å². The van der Waals surface area contributed by atoms with Gasteiger partial charge in [-0.1, -0.05) is 6.07 Å². The number of benzene rings is 2. The van der Waals surface area contributed by atoms with E-state index in [0.29, 0.717) is 18.8 Å². The summed E-state index contributed by atoms with van der Waals surface area (Å²) < 4.78 is 18.8. The fraction of sp³-hybridized carbons (Fsp3) is 0.300. The third-order valence-electron chi connectivity index (χ3n) is 4.41. The largest absolute Gasteiger partial charge is 0.494 e. The molecule has 0 aliphatic carbocycles. The molecular weight excluding hydrogens is 335 g/mol. The highest BCUT2D eigenvalue weighted by Gasteiger charge is 2.35. The van der Waals surface area contributed by atoms with Crippen molar-refractivity contribution in [3.8, 4) is 5.75 Å². The van der Waals surface area contributed by atoms with Crippen LogP contribution in [-0.4, -0.2) is 25.0 Å². The van der Waals surface area contributed by atoms with Crippen LogP contribution in [0, 0.1) is 18.7 Å². The minimum Gasteiger partial charge on any atom is -0.494 e. The summed E-state index contributed by atoms with van der Waals surface area (Å²) in [5.74, 6) is -0.536. The normalized spacial score (nSPS) is 16.7. The molecule has 0 saturated carbocycles. The van der Waals surface area contributed by atoms with Crippen LogP contribution in [0.25, 0.3) is 0 Å². The molecular formula is C20H21FN2O3. The summed E-state index contributed by atoms with van der Waals surface area (Å²) in [6.07, 6.45) is 0.132. The first-order valence-corrected chi connectivity index (χ1v) is 8.58. The number of anilines is 2. The zero-order chi connectivity index (χ0) is 18.7. The first-order valence-electron chi connectivity index (χ1n) is 8.58. The number of nitrogens with one attached hydrogen (secondary N) is 1. The van der Waals surface area contributed by atoms with Gasteiger partial charge in [0.05, 0.1) is 12.5 Å². The summed E-state index contributed by atoms with van der Waals surface area (Å²) in [6, 6.07) is 11.5. The van der Waals surface area contributed by atoms with E-state index in [2.05, 4.69) is 5.32 Å². The number of aryl methyl sites for hydroxylation is 1. The fourth-order valence-electron chi connectivity index (χ4n) is 2.99. The molecule has 26 heavy (non-hydrogen) atoms. The summed E-state index contributed by atoms with van der Waals surface area (Å²) in [4.78, 5) is 26.4. The van der Waals surface area contributed by atoms with Gasteiger partial charge in [0, 0.05) is 24.3 Å². The van der Waals surface area contributed by atoms with E-state index in [1.807, 2.05) is 6.92 Å². The third kappa shape index (κ3) is 3.85. The van der Waals surface area contributed by atoms with Crippen molar-refractivity contribution >= 4 is 23.2 Å². The van der Waals surface area contributed by atoms with Crippen molar-refractivity contribution in [3.63, 3.8) is 0 Å². The monoisotopic (exact) mass is 356 g/mol. The summed E-state index contributed by atoms with van der Waals surface area (Å²) in [6.45, 7) is 4.57. The van der Waals surface area contributed by atoms with Crippen molar-refractivity contribution in [2.45, 2.75) is 20.3 Å². The highest BCUT2D eigenvalue weighted by Crippen LogP contribution is 2.28. The molecule has 5 nitrogen and oxygen atoms in total. The molecule has 1 heterocycles. The molecule has 3 rings (SSSR count). The minimum absolute atomic E-state index is 0.106. The smallest absolute Gasteiger partial charge is 0.229 e. The molecule has 1 aliphatic rings. The summed E-state index contributed by atoms with van der Waals surface area (Å²) >= 11 is 0. The zero-order valence-electron chi connectivity index (χ0n) is 14.8. The SMILES string of the molecule is CCOc1ccc(N2C[C@H](C(=O)Nc3cc(F)ccc3C)CC2=O)cc1. The summed E-state index contributed by atoms with van der Waals surface area (Å²) in [5, 5.41) is 2.73. The molecule has 136 valence electrons. The Bertz CT molecular complexity index is 820. The molecule has 0 unspecified atom stereocenters. The lowest BCUT2D eigenvalue weighted by Crippen LogP contribution is -2.28. The molecule has 0 aromatic heterocycles. The Morgan fingerprint density at radius 1 is 1.27 bits per heavy atom. The highest BCUT2D eigenvalue weighted by atomic mass is 19.1. The Kier molecular flexibility index (Phi) is 5.21. The number of hydrogen-bond donors (Lipinski definition) is 1.